The van der Waals surface area contributed by atoms with Crippen LogP contribution in [-0.4, -0.2) is 28.9 Å². The molecule has 0 fully saturated rings. The Morgan fingerprint density at radius 2 is 2.20 bits per heavy atom. The summed E-state index contributed by atoms with van der Waals surface area (Å²) in [6.07, 6.45) is 0. The third kappa shape index (κ3) is 4.36. The van der Waals surface area contributed by atoms with Crippen LogP contribution in [0.3, 0.4) is 0 Å². The summed E-state index contributed by atoms with van der Waals surface area (Å²) in [5.74, 6) is 0.249. The number of hydrogen-bond donors (Lipinski definition) is 2. The largest absolute Gasteiger partial charge is 0.363 e. The number of hydrogen-bond acceptors (Lipinski definition) is 6. The topological polar surface area (TPSA) is 66.9 Å². The molecule has 2 aromatic rings. The number of carbonyl (C=O) groups excluding carboxylic acids is 1. The van der Waals surface area contributed by atoms with E-state index in [-0.39, 0.29) is 5.91 Å². The molecular formula is C12H13ClN4OS2. The van der Waals surface area contributed by atoms with Crippen LogP contribution in [0.5, 0.6) is 0 Å². The van der Waals surface area contributed by atoms with E-state index in [0.717, 1.165) is 15.0 Å². The summed E-state index contributed by atoms with van der Waals surface area (Å²) in [5.41, 5.74) is 0.904. The fraction of sp³-hybridized carbons (Fsp3) is 0.250. The second kappa shape index (κ2) is 7.47. The molecule has 0 saturated carbocycles. The van der Waals surface area contributed by atoms with Crippen LogP contribution < -0.4 is 10.6 Å². The molecule has 20 heavy (non-hydrogen) atoms. The summed E-state index contributed by atoms with van der Waals surface area (Å²) in [6, 6.07) is 7.44. The first-order valence-electron chi connectivity index (χ1n) is 5.83. The van der Waals surface area contributed by atoms with E-state index in [0.29, 0.717) is 17.3 Å². The van der Waals surface area contributed by atoms with E-state index in [9.17, 15) is 4.79 Å². The first-order chi connectivity index (χ1) is 9.69. The molecular weight excluding hydrogens is 316 g/mol. The van der Waals surface area contributed by atoms with Gasteiger partial charge in [-0.05, 0) is 11.6 Å². The average Bonchev–Trinajstić information content (AvgIpc) is 2.92. The molecule has 1 amide bonds. The molecule has 0 aliphatic rings. The van der Waals surface area contributed by atoms with Crippen LogP contribution in [0, 0.1) is 0 Å². The normalized spacial score (nSPS) is 10.3. The lowest BCUT2D eigenvalue weighted by Gasteiger charge is -2.05. The van der Waals surface area contributed by atoms with E-state index in [1.54, 1.807) is 13.1 Å². The van der Waals surface area contributed by atoms with Crippen molar-refractivity contribution in [1.82, 2.24) is 15.5 Å². The van der Waals surface area contributed by atoms with Gasteiger partial charge in [0, 0.05) is 18.6 Å². The zero-order chi connectivity index (χ0) is 14.4. The van der Waals surface area contributed by atoms with Crippen molar-refractivity contribution in [1.29, 1.82) is 0 Å². The van der Waals surface area contributed by atoms with Gasteiger partial charge in [0.25, 0.3) is 0 Å². The SMILES string of the molecule is CNc1nnc(SCC(=O)NCc2ccccc2Cl)s1. The molecule has 0 aliphatic heterocycles. The van der Waals surface area contributed by atoms with Gasteiger partial charge in [-0.15, -0.1) is 10.2 Å². The minimum absolute atomic E-state index is 0.0591. The summed E-state index contributed by atoms with van der Waals surface area (Å²) in [5, 5.41) is 15.0. The maximum Gasteiger partial charge on any atom is 0.230 e. The van der Waals surface area contributed by atoms with Crippen LogP contribution in [0.2, 0.25) is 5.02 Å². The highest BCUT2D eigenvalue weighted by Gasteiger charge is 2.08. The van der Waals surface area contributed by atoms with Gasteiger partial charge in [0.2, 0.25) is 11.0 Å². The molecule has 1 heterocycles. The van der Waals surface area contributed by atoms with Crippen LogP contribution >= 0.6 is 34.7 Å². The van der Waals surface area contributed by atoms with Crippen molar-refractivity contribution in [3.8, 4) is 0 Å². The number of nitrogens with one attached hydrogen (secondary N) is 2. The second-order valence-corrected chi connectivity index (χ2v) is 6.39. The predicted molar refractivity (Wildman–Crippen MR) is 83.5 cm³/mol. The highest BCUT2D eigenvalue weighted by molar-refractivity contribution is 8.01. The van der Waals surface area contributed by atoms with Crippen LogP contribution in [0.25, 0.3) is 0 Å². The van der Waals surface area contributed by atoms with Crippen molar-refractivity contribution in [2.24, 2.45) is 0 Å². The van der Waals surface area contributed by atoms with Gasteiger partial charge in [-0.1, -0.05) is 52.9 Å². The van der Waals surface area contributed by atoms with Crippen molar-refractivity contribution in [2.75, 3.05) is 18.1 Å². The van der Waals surface area contributed by atoms with E-state index in [1.165, 1.54) is 23.1 Å². The fourth-order valence-electron chi connectivity index (χ4n) is 1.38. The Kier molecular flexibility index (Phi) is 5.63. The number of anilines is 1. The lowest BCUT2D eigenvalue weighted by molar-refractivity contribution is -0.118. The van der Waals surface area contributed by atoms with Crippen molar-refractivity contribution < 1.29 is 4.79 Å². The molecule has 106 valence electrons. The number of rotatable bonds is 6. The Morgan fingerprint density at radius 3 is 2.90 bits per heavy atom. The summed E-state index contributed by atoms with van der Waals surface area (Å²) in [4.78, 5) is 11.7. The third-order valence-electron chi connectivity index (χ3n) is 2.38. The number of aromatic nitrogens is 2. The van der Waals surface area contributed by atoms with Gasteiger partial charge in [0.05, 0.1) is 5.75 Å². The Morgan fingerprint density at radius 1 is 1.40 bits per heavy atom. The highest BCUT2D eigenvalue weighted by atomic mass is 35.5. The monoisotopic (exact) mass is 328 g/mol. The first-order valence-corrected chi connectivity index (χ1v) is 8.01. The lowest BCUT2D eigenvalue weighted by atomic mass is 10.2. The zero-order valence-corrected chi connectivity index (χ0v) is 13.1. The Bertz CT molecular complexity index is 590. The van der Waals surface area contributed by atoms with Gasteiger partial charge >= 0.3 is 0 Å². The molecule has 0 bridgehead atoms. The van der Waals surface area contributed by atoms with Crippen molar-refractivity contribution in [3.05, 3.63) is 34.9 Å². The van der Waals surface area contributed by atoms with Crippen molar-refractivity contribution in [3.63, 3.8) is 0 Å². The summed E-state index contributed by atoms with van der Waals surface area (Å²) in [7, 11) is 1.78. The number of amides is 1. The quantitative estimate of drug-likeness (QED) is 0.798. The zero-order valence-electron chi connectivity index (χ0n) is 10.7. The minimum atomic E-state index is -0.0591. The Hall–Kier alpha value is -1.31. The Labute approximate surface area is 130 Å². The third-order valence-corrected chi connectivity index (χ3v) is 4.82. The smallest absolute Gasteiger partial charge is 0.230 e. The molecule has 5 nitrogen and oxygen atoms in total. The van der Waals surface area contributed by atoms with Crippen LogP contribution in [0.15, 0.2) is 28.6 Å². The standard InChI is InChI=1S/C12H13ClN4OS2/c1-14-11-16-17-12(20-11)19-7-10(18)15-6-8-4-2-3-5-9(8)13/h2-5H,6-7H2,1H3,(H,14,16)(H,15,18). The Balaban J connectivity index is 1.77. The highest BCUT2D eigenvalue weighted by Crippen LogP contribution is 2.24. The molecule has 2 N–H and O–H groups in total. The van der Waals surface area contributed by atoms with E-state index in [2.05, 4.69) is 20.8 Å². The lowest BCUT2D eigenvalue weighted by Crippen LogP contribution is -2.24. The number of benzene rings is 1. The number of halogens is 1. The number of carbonyl (C=O) groups is 1. The molecule has 1 aromatic carbocycles. The number of thioether (sulfide) groups is 1. The summed E-state index contributed by atoms with van der Waals surface area (Å²) >= 11 is 8.80. The molecule has 1 aromatic heterocycles. The molecule has 0 saturated heterocycles. The molecule has 0 spiro atoms. The van der Waals surface area contributed by atoms with E-state index in [4.69, 9.17) is 11.6 Å². The van der Waals surface area contributed by atoms with E-state index >= 15 is 0 Å². The van der Waals surface area contributed by atoms with Crippen LogP contribution in [0.1, 0.15) is 5.56 Å². The van der Waals surface area contributed by atoms with Crippen LogP contribution in [-0.2, 0) is 11.3 Å². The molecule has 0 unspecified atom stereocenters. The molecule has 0 atom stereocenters. The van der Waals surface area contributed by atoms with Gasteiger partial charge in [0.15, 0.2) is 4.34 Å². The molecule has 0 aliphatic carbocycles. The molecule has 8 heteroatoms. The molecule has 2 rings (SSSR count). The van der Waals surface area contributed by atoms with E-state index in [1.807, 2.05) is 18.2 Å². The fourth-order valence-corrected chi connectivity index (χ4v) is 3.12. The maximum absolute atomic E-state index is 11.7. The summed E-state index contributed by atoms with van der Waals surface area (Å²) < 4.78 is 0.766. The van der Waals surface area contributed by atoms with Gasteiger partial charge in [-0.2, -0.15) is 0 Å². The second-order valence-electron chi connectivity index (χ2n) is 3.78. The number of nitrogens with zero attached hydrogens (tertiary/aromatic N) is 2. The predicted octanol–water partition coefficient (Wildman–Crippen LogP) is 2.64. The van der Waals surface area contributed by atoms with Gasteiger partial charge in [0.1, 0.15) is 0 Å². The van der Waals surface area contributed by atoms with Crippen LogP contribution in [0.4, 0.5) is 5.13 Å². The molecule has 0 radical (unpaired) electrons. The van der Waals surface area contributed by atoms with Crippen molar-refractivity contribution in [2.45, 2.75) is 10.9 Å². The maximum atomic E-state index is 11.7. The first kappa shape index (κ1) is 15.1. The van der Waals surface area contributed by atoms with E-state index < -0.39 is 0 Å². The van der Waals surface area contributed by atoms with Crippen molar-refractivity contribution >= 4 is 45.7 Å². The average molecular weight is 329 g/mol. The van der Waals surface area contributed by atoms with Gasteiger partial charge < -0.3 is 10.6 Å². The summed E-state index contributed by atoms with van der Waals surface area (Å²) in [6.45, 7) is 0.428. The minimum Gasteiger partial charge on any atom is -0.363 e. The van der Waals surface area contributed by atoms with Gasteiger partial charge in [-0.25, -0.2) is 0 Å². The van der Waals surface area contributed by atoms with Gasteiger partial charge in [-0.3, -0.25) is 4.79 Å².